The van der Waals surface area contributed by atoms with Crippen LogP contribution in [0.5, 0.6) is 0 Å². The Bertz CT molecular complexity index is 2170. The minimum atomic E-state index is -1.98. The predicted octanol–water partition coefficient (Wildman–Crippen LogP) is 13.8. The second-order valence-corrected chi connectivity index (χ2v) is 28.9. The maximum Gasteiger partial charge on any atom is 0.220 e. The van der Waals surface area contributed by atoms with Gasteiger partial charge in [-0.2, -0.15) is 0 Å². The van der Waals surface area contributed by atoms with E-state index in [0.717, 1.165) is 83.5 Å². The average Bonchev–Trinajstić information content (AvgIpc) is 0.781. The van der Waals surface area contributed by atoms with E-state index in [1.165, 1.54) is 193 Å². The number of carbonyl (C=O) groups is 1. The quantitative estimate of drug-likeness (QED) is 0.0199. The number of allylic oxidation sites excluding steroid dienone is 13. The second kappa shape index (κ2) is 63.0. The molecule has 0 radical (unpaired) electrons. The third kappa shape index (κ3) is 42.5. The van der Waals surface area contributed by atoms with Crippen molar-refractivity contribution in [3.63, 3.8) is 0 Å². The molecule has 19 heteroatoms. The molecule has 3 aliphatic heterocycles. The highest BCUT2D eigenvalue weighted by atomic mass is 16.8. The summed E-state index contributed by atoms with van der Waals surface area (Å²) < 4.78 is 34.4. The molecule has 0 spiro atoms. The van der Waals surface area contributed by atoms with Crippen molar-refractivity contribution >= 4 is 5.91 Å². The Morgan fingerprint density at radius 2 is 0.676 bits per heavy atom. The zero-order chi connectivity index (χ0) is 73.9. The Morgan fingerprint density at radius 1 is 0.363 bits per heavy atom. The van der Waals surface area contributed by atoms with Gasteiger partial charge in [0.05, 0.1) is 38.6 Å². The smallest absolute Gasteiger partial charge is 0.220 e. The topological polar surface area (TPSA) is 307 Å². The van der Waals surface area contributed by atoms with Gasteiger partial charge in [-0.1, -0.05) is 311 Å². The molecular formula is C83H147NO18. The highest BCUT2D eigenvalue weighted by Gasteiger charge is 2.54. The van der Waals surface area contributed by atoms with Gasteiger partial charge in [0.25, 0.3) is 0 Å². The van der Waals surface area contributed by atoms with Crippen LogP contribution in [0.4, 0.5) is 0 Å². The van der Waals surface area contributed by atoms with Crippen molar-refractivity contribution in [2.24, 2.45) is 0 Å². The molecule has 19 nitrogen and oxygen atoms in total. The Labute approximate surface area is 616 Å². The number of unbranched alkanes of at least 4 members (excludes halogenated alkanes) is 36. The number of aliphatic hydroxyl groups excluding tert-OH is 11. The zero-order valence-electron chi connectivity index (χ0n) is 63.3. The van der Waals surface area contributed by atoms with Gasteiger partial charge in [-0.15, -0.1) is 0 Å². The van der Waals surface area contributed by atoms with Gasteiger partial charge in [0.15, 0.2) is 18.9 Å². The number of aliphatic hydroxyl groups is 11. The number of amides is 1. The minimum absolute atomic E-state index is 0.243. The molecule has 17 unspecified atom stereocenters. The van der Waals surface area contributed by atoms with Crippen LogP contribution in [0.15, 0.2) is 85.1 Å². The molecule has 3 saturated heterocycles. The van der Waals surface area contributed by atoms with Crippen molar-refractivity contribution in [3.05, 3.63) is 85.1 Å². The molecule has 3 heterocycles. The number of nitrogens with one attached hydrogen (secondary N) is 1. The number of hydrogen-bond acceptors (Lipinski definition) is 18. The number of rotatable bonds is 64. The molecule has 3 aliphatic rings. The molecule has 0 aliphatic carbocycles. The molecule has 0 aromatic rings. The Kier molecular flexibility index (Phi) is 57.5. The molecule has 102 heavy (non-hydrogen) atoms. The van der Waals surface area contributed by atoms with Gasteiger partial charge in [0.1, 0.15) is 73.2 Å². The van der Waals surface area contributed by atoms with E-state index in [1.807, 2.05) is 6.08 Å². The van der Waals surface area contributed by atoms with Crippen LogP contribution in [-0.4, -0.2) is 193 Å². The van der Waals surface area contributed by atoms with Crippen molar-refractivity contribution in [2.75, 3.05) is 26.4 Å². The Balaban J connectivity index is 1.31. The van der Waals surface area contributed by atoms with E-state index in [0.29, 0.717) is 6.42 Å². The van der Waals surface area contributed by atoms with Crippen LogP contribution in [-0.2, 0) is 33.2 Å². The molecule has 0 aromatic carbocycles. The first-order valence-electron chi connectivity index (χ1n) is 40.8. The summed E-state index contributed by atoms with van der Waals surface area (Å²) in [5.41, 5.74) is 0. The van der Waals surface area contributed by atoms with Gasteiger partial charge < -0.3 is 89.9 Å². The monoisotopic (exact) mass is 1450 g/mol. The van der Waals surface area contributed by atoms with E-state index in [4.69, 9.17) is 28.4 Å². The van der Waals surface area contributed by atoms with Gasteiger partial charge in [0, 0.05) is 6.42 Å². The normalized spacial score (nSPS) is 26.6. The van der Waals surface area contributed by atoms with Crippen LogP contribution in [0.2, 0.25) is 0 Å². The highest BCUT2D eigenvalue weighted by molar-refractivity contribution is 5.76. The maximum atomic E-state index is 13.5. The summed E-state index contributed by atoms with van der Waals surface area (Å²) in [5.74, 6) is -0.273. The van der Waals surface area contributed by atoms with E-state index in [-0.39, 0.29) is 18.9 Å². The summed E-state index contributed by atoms with van der Waals surface area (Å²) in [5, 5.41) is 121. The molecule has 3 fully saturated rings. The fraction of sp³-hybridized carbons (Fsp3) is 0.819. The molecule has 3 rings (SSSR count). The fourth-order valence-electron chi connectivity index (χ4n) is 13.4. The number of carbonyl (C=O) groups excluding carboxylic acids is 1. The van der Waals surface area contributed by atoms with Crippen LogP contribution < -0.4 is 5.32 Å². The van der Waals surface area contributed by atoms with E-state index in [1.54, 1.807) is 6.08 Å². The lowest BCUT2D eigenvalue weighted by Crippen LogP contribution is -2.66. The first kappa shape index (κ1) is 93.2. The number of hydrogen-bond donors (Lipinski definition) is 12. The molecule has 12 N–H and O–H groups in total. The first-order valence-corrected chi connectivity index (χ1v) is 40.8. The zero-order valence-corrected chi connectivity index (χ0v) is 63.3. The third-order valence-corrected chi connectivity index (χ3v) is 19.9. The van der Waals surface area contributed by atoms with Crippen LogP contribution >= 0.6 is 0 Å². The lowest BCUT2D eigenvalue weighted by Gasteiger charge is -2.48. The van der Waals surface area contributed by atoms with Gasteiger partial charge in [-0.25, -0.2) is 0 Å². The second-order valence-electron chi connectivity index (χ2n) is 28.9. The molecule has 592 valence electrons. The summed E-state index contributed by atoms with van der Waals surface area (Å²) in [6.45, 7) is 1.65. The van der Waals surface area contributed by atoms with Crippen LogP contribution in [0.3, 0.4) is 0 Å². The lowest BCUT2D eigenvalue weighted by molar-refractivity contribution is -0.379. The maximum absolute atomic E-state index is 13.5. The largest absolute Gasteiger partial charge is 0.394 e. The summed E-state index contributed by atoms with van der Waals surface area (Å²) in [7, 11) is 0. The Morgan fingerprint density at radius 3 is 1.06 bits per heavy atom. The fourth-order valence-corrected chi connectivity index (χ4v) is 13.4. The summed E-state index contributed by atoms with van der Waals surface area (Å²) in [6.07, 6.45) is 57.2. The lowest BCUT2D eigenvalue weighted by atomic mass is 9.96. The third-order valence-electron chi connectivity index (χ3n) is 19.9. The van der Waals surface area contributed by atoms with Crippen molar-refractivity contribution < 1.29 is 89.4 Å². The minimum Gasteiger partial charge on any atom is -0.394 e. The molecule has 0 aromatic heterocycles. The molecule has 1 amide bonds. The molecule has 0 bridgehead atoms. The predicted molar refractivity (Wildman–Crippen MR) is 406 cm³/mol. The van der Waals surface area contributed by atoms with E-state index >= 15 is 0 Å². The van der Waals surface area contributed by atoms with E-state index in [2.05, 4.69) is 92.1 Å². The van der Waals surface area contributed by atoms with Gasteiger partial charge in [-0.3, -0.25) is 4.79 Å². The first-order chi connectivity index (χ1) is 49.8. The summed E-state index contributed by atoms with van der Waals surface area (Å²) >= 11 is 0. The van der Waals surface area contributed by atoms with Crippen LogP contribution in [0, 0.1) is 0 Å². The number of ether oxygens (including phenoxy) is 6. The molecule has 0 saturated carbocycles. The average molecular weight is 1450 g/mol. The van der Waals surface area contributed by atoms with Crippen molar-refractivity contribution in [1.29, 1.82) is 0 Å². The van der Waals surface area contributed by atoms with Crippen molar-refractivity contribution in [1.82, 2.24) is 5.32 Å². The molecular weight excluding hydrogens is 1300 g/mol. The van der Waals surface area contributed by atoms with Gasteiger partial charge >= 0.3 is 0 Å². The summed E-state index contributed by atoms with van der Waals surface area (Å²) in [4.78, 5) is 13.5. The van der Waals surface area contributed by atoms with Crippen LogP contribution in [0.25, 0.3) is 0 Å². The molecule has 17 atom stereocenters. The van der Waals surface area contributed by atoms with E-state index in [9.17, 15) is 61.0 Å². The van der Waals surface area contributed by atoms with Crippen molar-refractivity contribution in [3.8, 4) is 0 Å². The van der Waals surface area contributed by atoms with Gasteiger partial charge in [0.2, 0.25) is 5.91 Å². The SMILES string of the molecule is CC/C=C\C/C=C\C/C=C\C/C=C\C/C=C\C/C=C\CCCCCCCCCCCCCCCCCCCCCCC(=O)NC(COC1OC(CO)C(OC2OC(CO)C(OC3OC(CO)C(O)C(O)C3O)C(O)C2O)C(O)C1O)C(O)/C=C/CCCCCCCCCCCCCCCCCC. The Hall–Kier alpha value is -3.03. The summed E-state index contributed by atoms with van der Waals surface area (Å²) in [6, 6.07) is -0.975. The van der Waals surface area contributed by atoms with Gasteiger partial charge in [-0.05, 0) is 70.6 Å². The van der Waals surface area contributed by atoms with E-state index < -0.39 is 124 Å². The van der Waals surface area contributed by atoms with Crippen LogP contribution in [0.1, 0.15) is 303 Å². The highest BCUT2D eigenvalue weighted by Crippen LogP contribution is 2.33. The van der Waals surface area contributed by atoms with Crippen molar-refractivity contribution in [2.45, 2.75) is 407 Å². The standard InChI is InChI=1S/C83H147NO18/c1-3-5-7-9-11-13-15-17-19-21-23-24-25-26-27-28-29-30-31-32-33-34-35-36-37-38-39-40-41-42-43-45-47-49-51-53-55-57-59-61-71(89)84-66(67(88)60-58-56-54-52-50-48-46-44-22-20-18-16-14-12-10-8-6-4-2)65-97-81-77(95)74(92)79(69(63-86)99-81)102-83-78(96)75(93)80(70(64-87)100-83)101-82-76(94)73(91)72(90)68(62-85)98-82/h5,7,11,13,17,19,23-24,26-27,29-30,58,60,66-70,72-83,85-88,90-96H,3-4,6,8-10,12,14-16,18,20-22,25,28,31-57,59,61-65H2,1-2H3,(H,84,89)/b7-5-,13-11-,19-17-,24-23-,27-26-,30-29-,60-58+.